The molecule has 4 N–H and O–H groups in total. The Labute approximate surface area is 302 Å². The highest BCUT2D eigenvalue weighted by molar-refractivity contribution is 5.85. The van der Waals surface area contributed by atoms with Gasteiger partial charge in [0.05, 0.1) is 12.2 Å². The van der Waals surface area contributed by atoms with Crippen molar-refractivity contribution in [1.29, 1.82) is 0 Å². The molecule has 3 aliphatic heterocycles. The first kappa shape index (κ1) is 42.7. The zero-order valence-corrected chi connectivity index (χ0v) is 31.9. The fourth-order valence-corrected chi connectivity index (χ4v) is 8.46. The Balaban J connectivity index is 0.00000384. The predicted octanol–water partition coefficient (Wildman–Crippen LogP) is 5.46. The maximum Gasteiger partial charge on any atom is 0.184 e. The lowest BCUT2D eigenvalue weighted by atomic mass is 9.93. The average molecular weight is 699 g/mol. The minimum Gasteiger partial charge on any atom is -1.00 e. The van der Waals surface area contributed by atoms with Crippen molar-refractivity contribution >= 4 is 12.4 Å². The number of hydrogen-bond donors (Lipinski definition) is 4. The number of pyridine rings is 1. The Kier molecular flexibility index (Phi) is 22.4. The van der Waals surface area contributed by atoms with Crippen LogP contribution in [0.25, 0.3) is 0 Å². The molecule has 0 aliphatic carbocycles. The molecule has 274 valence electrons. The van der Waals surface area contributed by atoms with Crippen molar-refractivity contribution in [2.75, 3.05) is 0 Å². The zero-order valence-electron chi connectivity index (χ0n) is 30.3. The lowest BCUT2D eigenvalue weighted by molar-refractivity contribution is -0.691. The largest absolute Gasteiger partial charge is 1.00 e. The second-order valence-corrected chi connectivity index (χ2v) is 15.4. The van der Waals surface area contributed by atoms with Crippen LogP contribution in [0.3, 0.4) is 0 Å². The second-order valence-electron chi connectivity index (χ2n) is 15.4. The molecule has 7 heteroatoms. The van der Waals surface area contributed by atoms with Gasteiger partial charge in [-0.2, -0.15) is 0 Å². The highest BCUT2D eigenvalue weighted by Crippen LogP contribution is 2.22. The topological polar surface area (TPSA) is 68.4 Å². The van der Waals surface area contributed by atoms with E-state index in [4.69, 9.17) is 0 Å². The van der Waals surface area contributed by atoms with Gasteiger partial charge in [-0.25, -0.2) is 4.57 Å². The summed E-state index contributed by atoms with van der Waals surface area (Å²) in [5, 5.41) is 27.0. The van der Waals surface area contributed by atoms with Gasteiger partial charge < -0.3 is 33.3 Å². The zero-order chi connectivity index (χ0) is 31.7. The van der Waals surface area contributed by atoms with Crippen LogP contribution < -0.4 is 27.6 Å². The summed E-state index contributed by atoms with van der Waals surface area (Å²) in [6.45, 7) is 5.47. The fourth-order valence-electron chi connectivity index (χ4n) is 8.46. The van der Waals surface area contributed by atoms with Crippen molar-refractivity contribution in [2.24, 2.45) is 0 Å². The Hall–Kier alpha value is -0.430. The molecular formula is C40H73Cl2N3O2. The molecule has 0 spiro atoms. The van der Waals surface area contributed by atoms with Crippen LogP contribution in [-0.2, 0) is 25.8 Å². The smallest absolute Gasteiger partial charge is 0.184 e. The molecule has 6 atom stereocenters. The lowest BCUT2D eigenvalue weighted by Gasteiger charge is -2.32. The Morgan fingerprint density at radius 1 is 0.638 bits per heavy atom. The van der Waals surface area contributed by atoms with Gasteiger partial charge in [-0.1, -0.05) is 89.9 Å². The van der Waals surface area contributed by atoms with E-state index in [1.54, 1.807) is 16.8 Å². The van der Waals surface area contributed by atoms with Crippen molar-refractivity contribution in [3.8, 4) is 0 Å². The minimum atomic E-state index is -0.146. The molecule has 1 aromatic rings. The van der Waals surface area contributed by atoms with Gasteiger partial charge in [0.2, 0.25) is 0 Å². The molecule has 0 amide bonds. The summed E-state index contributed by atoms with van der Waals surface area (Å²) in [5.41, 5.74) is 4.89. The number of unbranched alkanes of at least 4 members (excludes halogenated alkanes) is 14. The number of nitrogens with one attached hydrogen (secondary N) is 2. The van der Waals surface area contributed by atoms with Gasteiger partial charge in [-0.15, -0.1) is 12.4 Å². The van der Waals surface area contributed by atoms with Crippen molar-refractivity contribution in [2.45, 2.75) is 224 Å². The number of hydrogen-bond acceptors (Lipinski definition) is 4. The highest BCUT2D eigenvalue weighted by Gasteiger charge is 2.26. The average Bonchev–Trinajstić information content (AvgIpc) is 3.51. The molecule has 3 aliphatic rings. The third kappa shape index (κ3) is 16.0. The number of aryl methyl sites for hydroxylation is 3. The maximum atomic E-state index is 9.89. The molecule has 0 radical (unpaired) electrons. The molecule has 0 saturated carbocycles. The fraction of sp³-hybridized carbons (Fsp3) is 0.875. The summed E-state index contributed by atoms with van der Waals surface area (Å²) in [6, 6.07) is 4.38. The predicted molar refractivity (Wildman–Crippen MR) is 196 cm³/mol. The first-order valence-electron chi connectivity index (χ1n) is 19.9. The summed E-state index contributed by atoms with van der Waals surface area (Å²) < 4.78 is 2.60. The molecule has 0 bridgehead atoms. The number of aliphatic hydroxyl groups is 2. The van der Waals surface area contributed by atoms with Crippen molar-refractivity contribution < 1.29 is 27.2 Å². The molecule has 0 aromatic carbocycles. The van der Waals surface area contributed by atoms with E-state index in [0.717, 1.165) is 25.7 Å². The number of halogens is 2. The van der Waals surface area contributed by atoms with E-state index in [-0.39, 0.29) is 49.1 Å². The number of rotatable bonds is 22. The van der Waals surface area contributed by atoms with Crippen LogP contribution in [0.1, 0.15) is 178 Å². The molecule has 1 aromatic heterocycles. The van der Waals surface area contributed by atoms with Gasteiger partial charge >= 0.3 is 0 Å². The van der Waals surface area contributed by atoms with Gasteiger partial charge in [-0.05, 0) is 84.1 Å². The van der Waals surface area contributed by atoms with Gasteiger partial charge in [0.1, 0.15) is 6.54 Å². The Morgan fingerprint density at radius 2 is 1.09 bits per heavy atom. The van der Waals surface area contributed by atoms with E-state index < -0.39 is 0 Å². The summed E-state index contributed by atoms with van der Waals surface area (Å²) in [7, 11) is 0. The summed E-state index contributed by atoms with van der Waals surface area (Å²) in [5.74, 6) is 0. The molecule has 4 heterocycles. The molecule has 47 heavy (non-hydrogen) atoms. The highest BCUT2D eigenvalue weighted by atomic mass is 35.5. The Bertz CT molecular complexity index is 950. The third-order valence-electron chi connectivity index (χ3n) is 11.5. The van der Waals surface area contributed by atoms with Crippen LogP contribution in [0, 0.1) is 0 Å². The van der Waals surface area contributed by atoms with E-state index in [1.165, 1.54) is 148 Å². The maximum absolute atomic E-state index is 9.89. The summed E-state index contributed by atoms with van der Waals surface area (Å²) in [6.07, 6.45) is 36.2. The standard InChI is InChI=1S/C40H72N3O2.2ClH/c1-32-39(44)27-25-36(41-32)22-17-13-9-5-3-7-11-15-20-34-30-35(38-24-19-29-43(38)31-34)21-16-12-8-4-6-10-14-18-23-37-26-28-40(45)33(2)42-37;;/h30-33,36-37,39-42,44-45H,3-29H2,1-2H3;2*1H/q+1;;/p-1/t32-,33-,36-,37-,39-,40-;;/m1../s1. The third-order valence-corrected chi connectivity index (χ3v) is 11.5. The van der Waals surface area contributed by atoms with E-state index in [2.05, 4.69) is 41.3 Å². The van der Waals surface area contributed by atoms with Gasteiger partial charge in [0, 0.05) is 48.1 Å². The van der Waals surface area contributed by atoms with Crippen LogP contribution in [0.4, 0.5) is 0 Å². The van der Waals surface area contributed by atoms with Crippen molar-refractivity contribution in [3.05, 3.63) is 29.1 Å². The van der Waals surface area contributed by atoms with Crippen LogP contribution >= 0.6 is 12.4 Å². The monoisotopic (exact) mass is 698 g/mol. The van der Waals surface area contributed by atoms with Gasteiger partial charge in [-0.3, -0.25) is 0 Å². The van der Waals surface area contributed by atoms with Gasteiger partial charge in [0.15, 0.2) is 11.9 Å². The molecule has 5 nitrogen and oxygen atoms in total. The second kappa shape index (κ2) is 24.7. The van der Waals surface area contributed by atoms with Crippen molar-refractivity contribution in [1.82, 2.24) is 10.6 Å². The number of aromatic nitrogens is 1. The van der Waals surface area contributed by atoms with E-state index in [0.29, 0.717) is 12.1 Å². The van der Waals surface area contributed by atoms with E-state index in [1.807, 2.05) is 0 Å². The number of piperidine rings is 2. The van der Waals surface area contributed by atoms with E-state index >= 15 is 0 Å². The normalized spacial score (nSPS) is 25.6. The van der Waals surface area contributed by atoms with Gasteiger partial charge in [0.25, 0.3) is 0 Å². The van der Waals surface area contributed by atoms with Crippen LogP contribution in [0.2, 0.25) is 0 Å². The quantitative estimate of drug-likeness (QED) is 0.0961. The Morgan fingerprint density at radius 3 is 1.57 bits per heavy atom. The van der Waals surface area contributed by atoms with Crippen LogP contribution in [0.15, 0.2) is 12.3 Å². The molecule has 4 rings (SSSR count). The number of nitrogens with zero attached hydrogens (tertiary/aromatic N) is 1. The molecule has 0 unspecified atom stereocenters. The first-order chi connectivity index (χ1) is 22.0. The molecule has 2 saturated heterocycles. The minimum absolute atomic E-state index is 0. The lowest BCUT2D eigenvalue weighted by Crippen LogP contribution is -3.00. The van der Waals surface area contributed by atoms with Crippen LogP contribution in [-0.4, -0.2) is 46.6 Å². The van der Waals surface area contributed by atoms with E-state index in [9.17, 15) is 10.2 Å². The SMILES string of the molecule is C[C@H]1N[C@H](CCCCCCCCCCc2cc(CCCCCCCCCC[C@@H]3CC[C@@H](O)[C@@H](C)N3)c3[n+](c2)CCC3)CC[C@H]1O.Cl.[Cl-]. The molecular weight excluding hydrogens is 625 g/mol. The van der Waals surface area contributed by atoms with Crippen molar-refractivity contribution in [3.63, 3.8) is 0 Å². The number of fused-ring (bicyclic) bond motifs is 1. The van der Waals surface area contributed by atoms with Crippen LogP contribution in [0.5, 0.6) is 0 Å². The summed E-state index contributed by atoms with van der Waals surface area (Å²) >= 11 is 0. The first-order valence-corrected chi connectivity index (χ1v) is 19.9. The molecule has 2 fully saturated rings. The number of aliphatic hydroxyl groups excluding tert-OH is 2. The summed E-state index contributed by atoms with van der Waals surface area (Å²) in [4.78, 5) is 0.